The second-order valence-electron chi connectivity index (χ2n) is 5.69. The van der Waals surface area contributed by atoms with Crippen LogP contribution in [0.3, 0.4) is 0 Å². The Morgan fingerprint density at radius 1 is 1.35 bits per heavy atom. The maximum atomic E-state index is 6.47. The maximum absolute atomic E-state index is 6.47. The fourth-order valence-electron chi connectivity index (χ4n) is 3.33. The molecule has 0 aliphatic carbocycles. The second-order valence-corrected chi connectivity index (χ2v) is 6.95. The van der Waals surface area contributed by atoms with Crippen LogP contribution in [0.4, 0.5) is 0 Å². The summed E-state index contributed by atoms with van der Waals surface area (Å²) in [5.41, 5.74) is 9.32. The molecule has 1 aliphatic heterocycles. The number of nitrogens with zero attached hydrogens (tertiary/aromatic N) is 2. The molecule has 3 aromatic rings. The molecule has 2 aromatic carbocycles. The van der Waals surface area contributed by atoms with Crippen LogP contribution in [0.1, 0.15) is 29.9 Å². The van der Waals surface area contributed by atoms with Gasteiger partial charge in [0.1, 0.15) is 11.6 Å². The lowest BCUT2D eigenvalue weighted by Crippen LogP contribution is -2.08. The third-order valence-corrected chi connectivity index (χ3v) is 5.40. The van der Waals surface area contributed by atoms with Crippen molar-refractivity contribution in [3.63, 3.8) is 0 Å². The molecule has 6 heteroatoms. The first-order valence-electron chi connectivity index (χ1n) is 7.35. The van der Waals surface area contributed by atoms with E-state index >= 15 is 0 Å². The molecule has 4 rings (SSSR count). The van der Waals surface area contributed by atoms with Crippen LogP contribution in [0.5, 0.6) is 5.75 Å². The van der Waals surface area contributed by atoms with Gasteiger partial charge in [-0.2, -0.15) is 0 Å². The number of hydrogen-bond donors (Lipinski definition) is 1. The summed E-state index contributed by atoms with van der Waals surface area (Å²) in [5, 5.41) is 0.731. The molecule has 2 heterocycles. The zero-order valence-corrected chi connectivity index (χ0v) is 14.8. The zero-order chi connectivity index (χ0) is 16.1. The molecule has 4 nitrogen and oxygen atoms in total. The van der Waals surface area contributed by atoms with Crippen LogP contribution in [-0.4, -0.2) is 16.7 Å². The molecule has 0 unspecified atom stereocenters. The molecule has 1 aliphatic rings. The highest BCUT2D eigenvalue weighted by Gasteiger charge is 2.34. The smallest absolute Gasteiger partial charge is 0.127 e. The van der Waals surface area contributed by atoms with E-state index in [1.54, 1.807) is 7.11 Å². The minimum Gasteiger partial charge on any atom is -0.497 e. The van der Waals surface area contributed by atoms with E-state index in [9.17, 15) is 0 Å². The van der Waals surface area contributed by atoms with Gasteiger partial charge in [0.05, 0.1) is 30.2 Å². The number of imidazole rings is 1. The Balaban J connectivity index is 1.98. The van der Waals surface area contributed by atoms with Crippen LogP contribution in [0.2, 0.25) is 5.02 Å². The number of rotatable bonds is 2. The number of hydrogen-bond acceptors (Lipinski definition) is 3. The summed E-state index contributed by atoms with van der Waals surface area (Å²) in [6.07, 6.45) is 0.776. The van der Waals surface area contributed by atoms with Crippen molar-refractivity contribution in [3.05, 3.63) is 57.3 Å². The quantitative estimate of drug-likeness (QED) is 0.701. The first-order chi connectivity index (χ1) is 11.1. The Morgan fingerprint density at radius 3 is 2.91 bits per heavy atom. The monoisotopic (exact) mass is 391 g/mol. The van der Waals surface area contributed by atoms with Gasteiger partial charge in [-0.15, -0.1) is 0 Å². The van der Waals surface area contributed by atoms with Gasteiger partial charge in [-0.25, -0.2) is 4.98 Å². The number of methoxy groups -OCH3 is 1. The molecule has 0 saturated heterocycles. The van der Waals surface area contributed by atoms with Crippen LogP contribution in [-0.2, 0) is 0 Å². The van der Waals surface area contributed by atoms with Crippen LogP contribution >= 0.6 is 27.5 Å². The molecule has 23 heavy (non-hydrogen) atoms. The largest absolute Gasteiger partial charge is 0.497 e. The fourth-order valence-corrected chi connectivity index (χ4v) is 4.38. The molecule has 0 fully saturated rings. The summed E-state index contributed by atoms with van der Waals surface area (Å²) < 4.78 is 8.53. The number of ether oxygens (including phenoxy) is 1. The van der Waals surface area contributed by atoms with Crippen molar-refractivity contribution < 1.29 is 4.74 Å². The summed E-state index contributed by atoms with van der Waals surface area (Å²) in [6.45, 7) is 0. The molecular formula is C17H15BrClN3O. The van der Waals surface area contributed by atoms with Crippen molar-refractivity contribution in [2.75, 3.05) is 7.11 Å². The summed E-state index contributed by atoms with van der Waals surface area (Å²) in [4.78, 5) is 4.71. The van der Waals surface area contributed by atoms with Crippen molar-refractivity contribution in [2.24, 2.45) is 5.73 Å². The minimum atomic E-state index is -0.110. The Morgan fingerprint density at radius 2 is 2.17 bits per heavy atom. The molecule has 118 valence electrons. The van der Waals surface area contributed by atoms with Gasteiger partial charge in [0.15, 0.2) is 0 Å². The number of aromatic nitrogens is 2. The Hall–Kier alpha value is -1.56. The van der Waals surface area contributed by atoms with E-state index < -0.39 is 0 Å². The van der Waals surface area contributed by atoms with Gasteiger partial charge in [-0.1, -0.05) is 33.6 Å². The first kappa shape index (κ1) is 15.0. The number of fused-ring (bicyclic) bond motifs is 3. The lowest BCUT2D eigenvalue weighted by Gasteiger charge is -2.18. The van der Waals surface area contributed by atoms with Crippen molar-refractivity contribution >= 4 is 38.6 Å². The van der Waals surface area contributed by atoms with E-state index in [4.69, 9.17) is 27.1 Å². The molecule has 0 radical (unpaired) electrons. The van der Waals surface area contributed by atoms with Crippen molar-refractivity contribution in [1.82, 2.24) is 9.55 Å². The third kappa shape index (κ3) is 2.26. The van der Waals surface area contributed by atoms with Gasteiger partial charge < -0.3 is 15.0 Å². The summed E-state index contributed by atoms with van der Waals surface area (Å²) in [7, 11) is 1.66. The summed E-state index contributed by atoms with van der Waals surface area (Å²) in [6, 6.07) is 11.7. The van der Waals surface area contributed by atoms with Crippen LogP contribution < -0.4 is 10.5 Å². The van der Waals surface area contributed by atoms with Crippen molar-refractivity contribution in [3.8, 4) is 5.75 Å². The van der Waals surface area contributed by atoms with Gasteiger partial charge in [0, 0.05) is 21.1 Å². The molecule has 0 saturated carbocycles. The van der Waals surface area contributed by atoms with Crippen molar-refractivity contribution in [1.29, 1.82) is 0 Å². The van der Waals surface area contributed by atoms with Gasteiger partial charge in [-0.05, 0) is 30.7 Å². The van der Waals surface area contributed by atoms with E-state index in [1.165, 1.54) is 0 Å². The summed E-state index contributed by atoms with van der Waals surface area (Å²) in [5.74, 6) is 1.70. The van der Waals surface area contributed by atoms with Gasteiger partial charge in [-0.3, -0.25) is 0 Å². The van der Waals surface area contributed by atoms with Crippen LogP contribution in [0, 0.1) is 0 Å². The van der Waals surface area contributed by atoms with Gasteiger partial charge in [0.25, 0.3) is 0 Å². The normalized spacial score (nSPS) is 20.0. The van der Waals surface area contributed by atoms with E-state index in [0.29, 0.717) is 0 Å². The maximum Gasteiger partial charge on any atom is 0.127 e. The van der Waals surface area contributed by atoms with E-state index in [-0.39, 0.29) is 12.1 Å². The zero-order valence-electron chi connectivity index (χ0n) is 12.5. The van der Waals surface area contributed by atoms with Crippen LogP contribution in [0.25, 0.3) is 11.0 Å². The van der Waals surface area contributed by atoms with E-state index in [2.05, 4.69) is 20.5 Å². The van der Waals surface area contributed by atoms with Crippen molar-refractivity contribution in [2.45, 2.75) is 18.5 Å². The highest BCUT2D eigenvalue weighted by Crippen LogP contribution is 2.44. The first-order valence-corrected chi connectivity index (χ1v) is 8.52. The predicted molar refractivity (Wildman–Crippen MR) is 95.1 cm³/mol. The van der Waals surface area contributed by atoms with Crippen LogP contribution in [0.15, 0.2) is 40.9 Å². The average molecular weight is 393 g/mol. The average Bonchev–Trinajstić information content (AvgIpc) is 3.05. The highest BCUT2D eigenvalue weighted by molar-refractivity contribution is 9.10. The number of nitrogens with two attached hydrogens (primary N) is 1. The standard InChI is InChI=1S/C17H15BrClN3O/c1-23-9-5-6-13-14(7-9)22-15(8-12(20)17(22)21-13)16-10(18)3-2-4-11(16)19/h2-7,12,15H,8,20H2,1H3/t12-,15-/m1/s1. The molecule has 0 bridgehead atoms. The lowest BCUT2D eigenvalue weighted by molar-refractivity contribution is 0.415. The molecule has 2 N–H and O–H groups in total. The molecule has 1 aromatic heterocycles. The Kier molecular flexibility index (Phi) is 3.59. The highest BCUT2D eigenvalue weighted by atomic mass is 79.9. The minimum absolute atomic E-state index is 0.0557. The Labute approximate surface area is 147 Å². The predicted octanol–water partition coefficient (Wildman–Crippen LogP) is 4.45. The van der Waals surface area contributed by atoms with E-state index in [0.717, 1.165) is 44.1 Å². The summed E-state index contributed by atoms with van der Waals surface area (Å²) >= 11 is 10.1. The molecule has 2 atom stereocenters. The molecule has 0 amide bonds. The molecule has 0 spiro atoms. The topological polar surface area (TPSA) is 53.1 Å². The number of halogens is 2. The molecular weight excluding hydrogens is 378 g/mol. The second kappa shape index (κ2) is 5.51. The Bertz CT molecular complexity index is 888. The SMILES string of the molecule is COc1ccc2nc3n(c2c1)[C@@H](c1c(Cl)cccc1Br)C[C@H]3N. The van der Waals surface area contributed by atoms with Gasteiger partial charge in [0.2, 0.25) is 0 Å². The van der Waals surface area contributed by atoms with E-state index in [1.807, 2.05) is 36.4 Å². The van der Waals surface area contributed by atoms with Gasteiger partial charge >= 0.3 is 0 Å². The third-order valence-electron chi connectivity index (χ3n) is 4.38. The fraction of sp³-hybridized carbons (Fsp3) is 0.235. The number of benzene rings is 2. The lowest BCUT2D eigenvalue weighted by atomic mass is 10.0.